The highest BCUT2D eigenvalue weighted by atomic mass is 15.1. The van der Waals surface area contributed by atoms with Crippen molar-refractivity contribution in [3.05, 3.63) is 24.0 Å². The van der Waals surface area contributed by atoms with Gasteiger partial charge in [0.2, 0.25) is 0 Å². The number of anilines is 1. The number of rotatable bonds is 3. The molecule has 1 saturated heterocycles. The number of piperidine rings is 1. The van der Waals surface area contributed by atoms with Crippen molar-refractivity contribution in [2.75, 3.05) is 25.0 Å². The first-order valence-electron chi connectivity index (χ1n) is 6.45. The molecule has 1 aromatic heterocycles. The van der Waals surface area contributed by atoms with Crippen molar-refractivity contribution in [3.8, 4) is 0 Å². The average Bonchev–Trinajstić information content (AvgIpc) is 2.30. The summed E-state index contributed by atoms with van der Waals surface area (Å²) < 4.78 is 0. The molecule has 2 rings (SSSR count). The lowest BCUT2D eigenvalue weighted by Gasteiger charge is -2.38. The molecule has 1 fully saturated rings. The van der Waals surface area contributed by atoms with Gasteiger partial charge in [0.05, 0.1) is 5.69 Å². The summed E-state index contributed by atoms with van der Waals surface area (Å²) in [6.07, 6.45) is 4.47. The molecule has 0 aromatic carbocycles. The van der Waals surface area contributed by atoms with Crippen LogP contribution in [0.2, 0.25) is 0 Å². The molecule has 3 heteroatoms. The van der Waals surface area contributed by atoms with Crippen molar-refractivity contribution in [2.24, 2.45) is 5.41 Å². The molecule has 1 aliphatic rings. The zero-order valence-electron chi connectivity index (χ0n) is 11.2. The fraction of sp³-hybridized carbons (Fsp3) is 0.643. The van der Waals surface area contributed by atoms with E-state index in [1.807, 2.05) is 13.2 Å². The van der Waals surface area contributed by atoms with E-state index in [-0.39, 0.29) is 0 Å². The first-order chi connectivity index (χ1) is 8.11. The van der Waals surface area contributed by atoms with Crippen LogP contribution in [0.4, 0.5) is 5.69 Å². The first-order valence-corrected chi connectivity index (χ1v) is 6.45. The molecular formula is C14H23N3. The molecule has 17 heavy (non-hydrogen) atoms. The third-order valence-corrected chi connectivity index (χ3v) is 3.64. The summed E-state index contributed by atoms with van der Waals surface area (Å²) in [6.45, 7) is 7.89. The maximum absolute atomic E-state index is 4.36. The Labute approximate surface area is 104 Å². The first kappa shape index (κ1) is 12.4. The summed E-state index contributed by atoms with van der Waals surface area (Å²) in [6, 6.07) is 4.33. The summed E-state index contributed by atoms with van der Waals surface area (Å²) in [7, 11) is 1.96. The van der Waals surface area contributed by atoms with Gasteiger partial charge in [-0.1, -0.05) is 13.8 Å². The summed E-state index contributed by atoms with van der Waals surface area (Å²) in [5.74, 6) is 0. The standard InChI is InChI=1S/C14H23N3/c1-14(2)5-8-17(9-6-14)13-4-7-16-12(10-13)11-15-3/h4,7,10,15H,5-6,8-9,11H2,1-3H3. The number of hydrogen-bond donors (Lipinski definition) is 1. The van der Waals surface area contributed by atoms with Crippen LogP contribution in [-0.4, -0.2) is 25.1 Å². The molecule has 1 aliphatic heterocycles. The van der Waals surface area contributed by atoms with Gasteiger partial charge in [-0.3, -0.25) is 4.98 Å². The van der Waals surface area contributed by atoms with E-state index in [1.54, 1.807) is 0 Å². The van der Waals surface area contributed by atoms with Crippen LogP contribution >= 0.6 is 0 Å². The van der Waals surface area contributed by atoms with E-state index >= 15 is 0 Å². The summed E-state index contributed by atoms with van der Waals surface area (Å²) in [4.78, 5) is 6.84. The van der Waals surface area contributed by atoms with E-state index < -0.39 is 0 Å². The van der Waals surface area contributed by atoms with Crippen molar-refractivity contribution >= 4 is 5.69 Å². The Morgan fingerprint density at radius 1 is 1.35 bits per heavy atom. The Hall–Kier alpha value is -1.09. The highest BCUT2D eigenvalue weighted by Gasteiger charge is 2.25. The predicted molar refractivity (Wildman–Crippen MR) is 72.2 cm³/mol. The fourth-order valence-corrected chi connectivity index (χ4v) is 2.31. The van der Waals surface area contributed by atoms with Crippen LogP contribution in [0.3, 0.4) is 0 Å². The molecule has 1 N–H and O–H groups in total. The van der Waals surface area contributed by atoms with Crippen molar-refractivity contribution in [1.82, 2.24) is 10.3 Å². The molecule has 2 heterocycles. The molecule has 0 radical (unpaired) electrons. The van der Waals surface area contributed by atoms with Crippen molar-refractivity contribution in [3.63, 3.8) is 0 Å². The number of pyridine rings is 1. The van der Waals surface area contributed by atoms with Gasteiger partial charge in [0.1, 0.15) is 0 Å². The minimum absolute atomic E-state index is 0.511. The zero-order valence-corrected chi connectivity index (χ0v) is 11.2. The molecule has 0 atom stereocenters. The second kappa shape index (κ2) is 5.05. The molecule has 0 saturated carbocycles. The van der Waals surface area contributed by atoms with Crippen molar-refractivity contribution in [1.29, 1.82) is 0 Å². The smallest absolute Gasteiger partial charge is 0.0562 e. The monoisotopic (exact) mass is 233 g/mol. The van der Waals surface area contributed by atoms with E-state index in [0.717, 1.165) is 25.3 Å². The number of nitrogens with one attached hydrogen (secondary N) is 1. The molecule has 1 aromatic rings. The lowest BCUT2D eigenvalue weighted by Crippen LogP contribution is -2.37. The van der Waals surface area contributed by atoms with Crippen molar-refractivity contribution < 1.29 is 0 Å². The third-order valence-electron chi connectivity index (χ3n) is 3.64. The van der Waals surface area contributed by atoms with Gasteiger partial charge >= 0.3 is 0 Å². The Balaban J connectivity index is 2.05. The highest BCUT2D eigenvalue weighted by Crippen LogP contribution is 2.32. The van der Waals surface area contributed by atoms with Crippen LogP contribution in [0.1, 0.15) is 32.4 Å². The molecule has 0 spiro atoms. The molecular weight excluding hydrogens is 210 g/mol. The topological polar surface area (TPSA) is 28.2 Å². The lowest BCUT2D eigenvalue weighted by molar-refractivity contribution is 0.280. The van der Waals surface area contributed by atoms with Gasteiger partial charge in [-0.25, -0.2) is 0 Å². The van der Waals surface area contributed by atoms with E-state index in [4.69, 9.17) is 0 Å². The zero-order chi connectivity index (χ0) is 12.3. The minimum Gasteiger partial charge on any atom is -0.371 e. The third kappa shape index (κ3) is 3.19. The summed E-state index contributed by atoms with van der Waals surface area (Å²) in [5.41, 5.74) is 2.95. The maximum atomic E-state index is 4.36. The van der Waals surface area contributed by atoms with Gasteiger partial charge < -0.3 is 10.2 Å². The Kier molecular flexibility index (Phi) is 3.67. The summed E-state index contributed by atoms with van der Waals surface area (Å²) >= 11 is 0. The largest absolute Gasteiger partial charge is 0.371 e. The Morgan fingerprint density at radius 2 is 2.06 bits per heavy atom. The van der Waals surface area contributed by atoms with Crippen LogP contribution in [0, 0.1) is 5.41 Å². The Morgan fingerprint density at radius 3 is 2.71 bits per heavy atom. The van der Waals surface area contributed by atoms with E-state index in [2.05, 4.69) is 41.2 Å². The molecule has 0 amide bonds. The molecule has 3 nitrogen and oxygen atoms in total. The van der Waals surface area contributed by atoms with Gasteiger partial charge in [0, 0.05) is 31.5 Å². The van der Waals surface area contributed by atoms with E-state index in [0.29, 0.717) is 5.41 Å². The van der Waals surface area contributed by atoms with E-state index in [1.165, 1.54) is 18.5 Å². The van der Waals surface area contributed by atoms with Crippen LogP contribution in [0.25, 0.3) is 0 Å². The van der Waals surface area contributed by atoms with Crippen LogP contribution < -0.4 is 10.2 Å². The minimum atomic E-state index is 0.511. The van der Waals surface area contributed by atoms with Crippen LogP contribution in [0.5, 0.6) is 0 Å². The van der Waals surface area contributed by atoms with Crippen molar-refractivity contribution in [2.45, 2.75) is 33.2 Å². The van der Waals surface area contributed by atoms with Crippen LogP contribution in [0.15, 0.2) is 18.3 Å². The van der Waals surface area contributed by atoms with Gasteiger partial charge in [-0.15, -0.1) is 0 Å². The summed E-state index contributed by atoms with van der Waals surface area (Å²) in [5, 5.41) is 3.15. The number of aromatic nitrogens is 1. The van der Waals surface area contributed by atoms with E-state index in [9.17, 15) is 0 Å². The Bertz CT molecular complexity index is 363. The average molecular weight is 233 g/mol. The molecule has 0 unspecified atom stereocenters. The predicted octanol–water partition coefficient (Wildman–Crippen LogP) is 2.43. The van der Waals surface area contributed by atoms with Crippen LogP contribution in [-0.2, 0) is 6.54 Å². The second-order valence-electron chi connectivity index (χ2n) is 5.69. The fourth-order valence-electron chi connectivity index (χ4n) is 2.31. The van der Waals surface area contributed by atoms with Gasteiger partial charge in [0.25, 0.3) is 0 Å². The van der Waals surface area contributed by atoms with Gasteiger partial charge in [-0.2, -0.15) is 0 Å². The lowest BCUT2D eigenvalue weighted by atomic mass is 9.82. The number of hydrogen-bond acceptors (Lipinski definition) is 3. The van der Waals surface area contributed by atoms with Gasteiger partial charge in [0.15, 0.2) is 0 Å². The highest BCUT2D eigenvalue weighted by molar-refractivity contribution is 5.47. The normalized spacial score (nSPS) is 19.4. The number of nitrogens with zero attached hydrogens (tertiary/aromatic N) is 2. The maximum Gasteiger partial charge on any atom is 0.0562 e. The molecule has 94 valence electrons. The SMILES string of the molecule is CNCc1cc(N2CCC(C)(C)CC2)ccn1. The molecule has 0 aliphatic carbocycles. The van der Waals surface area contributed by atoms with Gasteiger partial charge in [-0.05, 0) is 37.4 Å². The quantitative estimate of drug-likeness (QED) is 0.869. The molecule has 0 bridgehead atoms. The second-order valence-corrected chi connectivity index (χ2v) is 5.69.